The minimum absolute atomic E-state index is 0.452. The number of benzene rings is 1. The monoisotopic (exact) mass is 239 g/mol. The summed E-state index contributed by atoms with van der Waals surface area (Å²) in [7, 11) is -1.46. The Morgan fingerprint density at radius 2 is 1.75 bits per heavy atom. The summed E-state index contributed by atoms with van der Waals surface area (Å²) < 4.78 is 0. The highest BCUT2D eigenvalue weighted by Gasteiger charge is 2.16. The average molecular weight is 240 g/mol. The van der Waals surface area contributed by atoms with Crippen molar-refractivity contribution in [2.45, 2.75) is 19.3 Å². The lowest BCUT2D eigenvalue weighted by atomic mass is 9.80. The van der Waals surface area contributed by atoms with Crippen LogP contribution in [0.2, 0.25) is 5.02 Å². The van der Waals surface area contributed by atoms with Crippen molar-refractivity contribution >= 4 is 29.9 Å². The maximum Gasteiger partial charge on any atom is 0.488 e. The van der Waals surface area contributed by atoms with Gasteiger partial charge in [-0.05, 0) is 42.9 Å². The van der Waals surface area contributed by atoms with Gasteiger partial charge in [-0.2, -0.15) is 0 Å². The van der Waals surface area contributed by atoms with Crippen LogP contribution in [0, 0.1) is 0 Å². The zero-order chi connectivity index (χ0) is 11.5. The summed E-state index contributed by atoms with van der Waals surface area (Å²) in [6, 6.07) is 5.25. The van der Waals surface area contributed by atoms with E-state index in [-0.39, 0.29) is 0 Å². The zero-order valence-electron chi connectivity index (χ0n) is 9.06. The van der Waals surface area contributed by atoms with Gasteiger partial charge >= 0.3 is 7.12 Å². The highest BCUT2D eigenvalue weighted by atomic mass is 35.5. The Morgan fingerprint density at radius 3 is 2.38 bits per heavy atom. The lowest BCUT2D eigenvalue weighted by Crippen LogP contribution is -2.33. The largest absolute Gasteiger partial charge is 0.488 e. The minimum atomic E-state index is -1.46. The molecule has 0 aromatic heterocycles. The van der Waals surface area contributed by atoms with Crippen LogP contribution in [0.3, 0.4) is 0 Å². The second-order valence-corrected chi connectivity index (χ2v) is 4.60. The van der Waals surface area contributed by atoms with Crippen molar-refractivity contribution < 1.29 is 10.0 Å². The molecular formula is C11H15BClNO2. The fourth-order valence-electron chi connectivity index (χ4n) is 2.08. The van der Waals surface area contributed by atoms with Gasteiger partial charge in [-0.1, -0.05) is 11.6 Å². The van der Waals surface area contributed by atoms with E-state index in [1.165, 1.54) is 19.3 Å². The SMILES string of the molecule is OB(O)c1cc(Cl)cc(N2CCCCC2)c1. The predicted octanol–water partition coefficient (Wildman–Crippen LogP) is 1.01. The molecule has 86 valence electrons. The summed E-state index contributed by atoms with van der Waals surface area (Å²) in [5.41, 5.74) is 1.43. The number of piperidine rings is 1. The quantitative estimate of drug-likeness (QED) is 0.757. The molecule has 1 fully saturated rings. The number of anilines is 1. The van der Waals surface area contributed by atoms with E-state index >= 15 is 0 Å². The molecule has 0 bridgehead atoms. The van der Waals surface area contributed by atoms with E-state index in [0.717, 1.165) is 18.8 Å². The van der Waals surface area contributed by atoms with E-state index in [2.05, 4.69) is 4.90 Å². The predicted molar refractivity (Wildman–Crippen MR) is 67.3 cm³/mol. The van der Waals surface area contributed by atoms with E-state index in [1.807, 2.05) is 6.07 Å². The third-order valence-electron chi connectivity index (χ3n) is 2.92. The van der Waals surface area contributed by atoms with Crippen LogP contribution in [-0.2, 0) is 0 Å². The van der Waals surface area contributed by atoms with Gasteiger partial charge < -0.3 is 14.9 Å². The Hall–Kier alpha value is -0.705. The molecule has 5 heteroatoms. The van der Waals surface area contributed by atoms with Gasteiger partial charge in [0.1, 0.15) is 0 Å². The normalized spacial score (nSPS) is 16.3. The Kier molecular flexibility index (Phi) is 3.74. The number of hydrogen-bond donors (Lipinski definition) is 2. The third-order valence-corrected chi connectivity index (χ3v) is 3.14. The third kappa shape index (κ3) is 2.70. The molecule has 1 aromatic rings. The lowest BCUT2D eigenvalue weighted by molar-refractivity contribution is 0.426. The molecule has 2 rings (SSSR count). The molecule has 1 heterocycles. The topological polar surface area (TPSA) is 43.7 Å². The van der Waals surface area contributed by atoms with Crippen LogP contribution in [0.5, 0.6) is 0 Å². The summed E-state index contributed by atoms with van der Waals surface area (Å²) in [6.45, 7) is 2.03. The van der Waals surface area contributed by atoms with Gasteiger partial charge in [0.25, 0.3) is 0 Å². The van der Waals surface area contributed by atoms with Crippen LogP contribution in [0.15, 0.2) is 18.2 Å². The summed E-state index contributed by atoms with van der Waals surface area (Å²) in [6.07, 6.45) is 3.64. The molecule has 0 saturated carbocycles. The molecule has 1 saturated heterocycles. The molecule has 1 aliphatic heterocycles. The summed E-state index contributed by atoms with van der Waals surface area (Å²) >= 11 is 5.96. The Labute approximate surface area is 101 Å². The molecule has 1 aromatic carbocycles. The van der Waals surface area contributed by atoms with Crippen LogP contribution in [0.1, 0.15) is 19.3 Å². The molecule has 3 nitrogen and oxygen atoms in total. The van der Waals surface area contributed by atoms with Gasteiger partial charge in [-0.15, -0.1) is 0 Å². The van der Waals surface area contributed by atoms with E-state index in [1.54, 1.807) is 12.1 Å². The van der Waals surface area contributed by atoms with Crippen molar-refractivity contribution in [2.24, 2.45) is 0 Å². The van der Waals surface area contributed by atoms with Gasteiger partial charge in [0, 0.05) is 23.8 Å². The summed E-state index contributed by atoms with van der Waals surface area (Å²) in [4.78, 5) is 2.24. The Morgan fingerprint density at radius 1 is 1.06 bits per heavy atom. The van der Waals surface area contributed by atoms with Crippen molar-refractivity contribution in [1.82, 2.24) is 0 Å². The molecule has 0 atom stereocenters. The van der Waals surface area contributed by atoms with Gasteiger partial charge in [-0.3, -0.25) is 0 Å². The molecule has 0 aliphatic carbocycles. The molecular weight excluding hydrogens is 224 g/mol. The van der Waals surface area contributed by atoms with Crippen molar-refractivity contribution in [2.75, 3.05) is 18.0 Å². The Bertz CT molecular complexity index is 367. The maximum absolute atomic E-state index is 9.15. The second kappa shape index (κ2) is 5.08. The first kappa shape index (κ1) is 11.8. The van der Waals surface area contributed by atoms with E-state index < -0.39 is 7.12 Å². The second-order valence-electron chi connectivity index (χ2n) is 4.16. The molecule has 2 N–H and O–H groups in total. The minimum Gasteiger partial charge on any atom is -0.423 e. The fourth-order valence-corrected chi connectivity index (χ4v) is 2.32. The number of nitrogens with zero attached hydrogens (tertiary/aromatic N) is 1. The van der Waals surface area contributed by atoms with Crippen molar-refractivity contribution in [1.29, 1.82) is 0 Å². The first-order valence-electron chi connectivity index (χ1n) is 5.58. The lowest BCUT2D eigenvalue weighted by Gasteiger charge is -2.29. The van der Waals surface area contributed by atoms with Gasteiger partial charge in [-0.25, -0.2) is 0 Å². The fraction of sp³-hybridized carbons (Fsp3) is 0.455. The zero-order valence-corrected chi connectivity index (χ0v) is 9.82. The van der Waals surface area contributed by atoms with Crippen LogP contribution in [0.25, 0.3) is 0 Å². The van der Waals surface area contributed by atoms with E-state index in [0.29, 0.717) is 10.5 Å². The van der Waals surface area contributed by atoms with Crippen LogP contribution < -0.4 is 10.4 Å². The Balaban J connectivity index is 2.25. The number of halogens is 1. The standard InChI is InChI=1S/C11H15BClNO2/c13-10-6-9(12(15)16)7-11(8-10)14-4-2-1-3-5-14/h6-8,15-16H,1-5H2. The molecule has 0 unspecified atom stereocenters. The average Bonchev–Trinajstić information content (AvgIpc) is 2.29. The van der Waals surface area contributed by atoms with Crippen LogP contribution in [-0.4, -0.2) is 30.3 Å². The highest BCUT2D eigenvalue weighted by Crippen LogP contribution is 2.22. The van der Waals surface area contributed by atoms with Crippen LogP contribution >= 0.6 is 11.6 Å². The molecule has 1 aliphatic rings. The van der Waals surface area contributed by atoms with E-state index in [9.17, 15) is 0 Å². The van der Waals surface area contributed by atoms with Gasteiger partial charge in [0.15, 0.2) is 0 Å². The number of hydrogen-bond acceptors (Lipinski definition) is 3. The summed E-state index contributed by atoms with van der Waals surface area (Å²) in [5, 5.41) is 18.8. The molecule has 16 heavy (non-hydrogen) atoms. The maximum atomic E-state index is 9.15. The van der Waals surface area contributed by atoms with Gasteiger partial charge in [0.2, 0.25) is 0 Å². The first-order valence-corrected chi connectivity index (χ1v) is 5.96. The smallest absolute Gasteiger partial charge is 0.423 e. The van der Waals surface area contributed by atoms with Crippen molar-refractivity contribution in [3.63, 3.8) is 0 Å². The van der Waals surface area contributed by atoms with E-state index in [4.69, 9.17) is 21.6 Å². The van der Waals surface area contributed by atoms with Crippen molar-refractivity contribution in [3.05, 3.63) is 23.2 Å². The highest BCUT2D eigenvalue weighted by molar-refractivity contribution is 6.59. The molecule has 0 radical (unpaired) electrons. The molecule has 0 amide bonds. The number of rotatable bonds is 2. The molecule has 0 spiro atoms. The van der Waals surface area contributed by atoms with Crippen molar-refractivity contribution in [3.8, 4) is 0 Å². The first-order chi connectivity index (χ1) is 7.66. The van der Waals surface area contributed by atoms with Gasteiger partial charge in [0.05, 0.1) is 0 Å². The summed E-state index contributed by atoms with van der Waals surface area (Å²) in [5.74, 6) is 0. The van der Waals surface area contributed by atoms with Crippen LogP contribution in [0.4, 0.5) is 5.69 Å².